The molecule has 1 N–H and O–H groups in total. The van der Waals surface area contributed by atoms with E-state index in [1.54, 1.807) is 18.6 Å². The van der Waals surface area contributed by atoms with Crippen LogP contribution in [0, 0.1) is 0 Å². The zero-order chi connectivity index (χ0) is 14.0. The molecule has 1 aliphatic carbocycles. The normalized spacial score (nSPS) is 15.2. The van der Waals surface area contributed by atoms with Gasteiger partial charge in [-0.3, -0.25) is 9.97 Å². The average molecular weight is 289 g/mol. The van der Waals surface area contributed by atoms with Gasteiger partial charge in [0, 0.05) is 30.7 Å². The zero-order valence-corrected chi connectivity index (χ0v) is 11.7. The first kappa shape index (κ1) is 13.2. The molecular formula is C14H15N3O2S. The molecule has 3 rings (SSSR count). The molecule has 0 bridgehead atoms. The van der Waals surface area contributed by atoms with Crippen molar-refractivity contribution in [3.8, 4) is 11.3 Å². The summed E-state index contributed by atoms with van der Waals surface area (Å²) in [6.07, 6.45) is 6.70. The Morgan fingerprint density at radius 3 is 2.65 bits per heavy atom. The van der Waals surface area contributed by atoms with Crippen LogP contribution in [0.25, 0.3) is 11.3 Å². The van der Waals surface area contributed by atoms with E-state index in [4.69, 9.17) is 0 Å². The minimum absolute atomic E-state index is 0.190. The summed E-state index contributed by atoms with van der Waals surface area (Å²) in [5, 5.41) is -0.190. The van der Waals surface area contributed by atoms with Crippen LogP contribution in [0.15, 0.2) is 42.9 Å². The molecule has 1 aliphatic rings. The first-order valence-corrected chi connectivity index (χ1v) is 8.03. The molecule has 0 radical (unpaired) electrons. The Bertz CT molecular complexity index is 680. The molecule has 5 nitrogen and oxygen atoms in total. The third kappa shape index (κ3) is 3.02. The molecule has 2 heterocycles. The van der Waals surface area contributed by atoms with E-state index in [9.17, 15) is 8.42 Å². The molecule has 0 aromatic carbocycles. The Balaban J connectivity index is 1.67. The number of nitrogens with one attached hydrogen (secondary N) is 1. The molecular weight excluding hydrogens is 274 g/mol. The van der Waals surface area contributed by atoms with Gasteiger partial charge in [0.1, 0.15) is 0 Å². The van der Waals surface area contributed by atoms with Crippen molar-refractivity contribution in [1.82, 2.24) is 14.7 Å². The summed E-state index contributed by atoms with van der Waals surface area (Å²) in [6, 6.07) is 7.54. The standard InChI is InChI=1S/C14H15N3O2S/c18-20(19,13-4-5-13)17-9-11-3-6-14(16-8-11)12-2-1-7-15-10-12/h1-3,6-8,10,13,17H,4-5,9H2. The maximum atomic E-state index is 11.7. The van der Waals surface area contributed by atoms with E-state index in [0.29, 0.717) is 6.54 Å². The molecule has 104 valence electrons. The second kappa shape index (κ2) is 5.30. The van der Waals surface area contributed by atoms with Crippen molar-refractivity contribution in [1.29, 1.82) is 0 Å². The molecule has 0 unspecified atom stereocenters. The lowest BCUT2D eigenvalue weighted by molar-refractivity contribution is 0.580. The van der Waals surface area contributed by atoms with Crippen LogP contribution >= 0.6 is 0 Å². The van der Waals surface area contributed by atoms with Crippen molar-refractivity contribution in [2.24, 2.45) is 0 Å². The summed E-state index contributed by atoms with van der Waals surface area (Å²) >= 11 is 0. The monoisotopic (exact) mass is 289 g/mol. The van der Waals surface area contributed by atoms with Gasteiger partial charge in [-0.25, -0.2) is 13.1 Å². The van der Waals surface area contributed by atoms with Crippen molar-refractivity contribution in [2.45, 2.75) is 24.6 Å². The van der Waals surface area contributed by atoms with Crippen molar-refractivity contribution in [3.05, 3.63) is 48.4 Å². The van der Waals surface area contributed by atoms with Gasteiger partial charge >= 0.3 is 0 Å². The first-order chi connectivity index (χ1) is 9.65. The van der Waals surface area contributed by atoms with Crippen LogP contribution < -0.4 is 4.72 Å². The highest BCUT2D eigenvalue weighted by molar-refractivity contribution is 7.90. The summed E-state index contributed by atoms with van der Waals surface area (Å²) in [5.41, 5.74) is 2.62. The van der Waals surface area contributed by atoms with Crippen molar-refractivity contribution in [2.75, 3.05) is 0 Å². The van der Waals surface area contributed by atoms with Crippen LogP contribution in [0.2, 0.25) is 0 Å². The van der Waals surface area contributed by atoms with Crippen LogP contribution in [0.1, 0.15) is 18.4 Å². The maximum absolute atomic E-state index is 11.7. The van der Waals surface area contributed by atoms with Crippen LogP contribution in [0.4, 0.5) is 0 Å². The fraction of sp³-hybridized carbons (Fsp3) is 0.286. The van der Waals surface area contributed by atoms with Gasteiger partial charge in [0.2, 0.25) is 10.0 Å². The topological polar surface area (TPSA) is 72.0 Å². The van der Waals surface area contributed by atoms with Crippen LogP contribution in [0.3, 0.4) is 0 Å². The smallest absolute Gasteiger partial charge is 0.214 e. The molecule has 0 atom stereocenters. The lowest BCUT2D eigenvalue weighted by atomic mass is 10.1. The quantitative estimate of drug-likeness (QED) is 0.909. The molecule has 0 aliphatic heterocycles. The molecule has 1 fully saturated rings. The fourth-order valence-corrected chi connectivity index (χ4v) is 3.25. The summed E-state index contributed by atoms with van der Waals surface area (Å²) < 4.78 is 26.0. The van der Waals surface area contributed by atoms with Crippen LogP contribution in [-0.4, -0.2) is 23.6 Å². The third-order valence-corrected chi connectivity index (χ3v) is 5.12. The second-order valence-corrected chi connectivity index (χ2v) is 6.90. The van der Waals surface area contributed by atoms with E-state index in [1.807, 2.05) is 24.3 Å². The highest BCUT2D eigenvalue weighted by atomic mass is 32.2. The minimum Gasteiger partial charge on any atom is -0.264 e. The highest BCUT2D eigenvalue weighted by Gasteiger charge is 2.35. The van der Waals surface area contributed by atoms with E-state index in [-0.39, 0.29) is 5.25 Å². The molecule has 6 heteroatoms. The Morgan fingerprint density at radius 2 is 2.05 bits per heavy atom. The van der Waals surface area contributed by atoms with E-state index in [1.165, 1.54) is 0 Å². The van der Waals surface area contributed by atoms with Gasteiger partial charge in [-0.1, -0.05) is 6.07 Å². The van der Waals surface area contributed by atoms with Crippen LogP contribution in [-0.2, 0) is 16.6 Å². The average Bonchev–Trinajstić information content (AvgIpc) is 3.32. The van der Waals surface area contributed by atoms with E-state index >= 15 is 0 Å². The van der Waals surface area contributed by atoms with Crippen LogP contribution in [0.5, 0.6) is 0 Å². The molecule has 2 aromatic heterocycles. The Kier molecular flexibility index (Phi) is 3.50. The van der Waals surface area contributed by atoms with Gasteiger partial charge in [0.25, 0.3) is 0 Å². The highest BCUT2D eigenvalue weighted by Crippen LogP contribution is 2.27. The fourth-order valence-electron chi connectivity index (χ4n) is 1.89. The summed E-state index contributed by atoms with van der Waals surface area (Å²) in [7, 11) is -3.14. The molecule has 1 saturated carbocycles. The number of nitrogens with zero attached hydrogens (tertiary/aromatic N) is 2. The lowest BCUT2D eigenvalue weighted by Crippen LogP contribution is -2.26. The number of hydrogen-bond acceptors (Lipinski definition) is 4. The molecule has 0 amide bonds. The first-order valence-electron chi connectivity index (χ1n) is 6.49. The Morgan fingerprint density at radius 1 is 1.20 bits per heavy atom. The van der Waals surface area contributed by atoms with Crippen molar-refractivity contribution >= 4 is 10.0 Å². The van der Waals surface area contributed by atoms with Gasteiger partial charge in [0.05, 0.1) is 10.9 Å². The van der Waals surface area contributed by atoms with Gasteiger partial charge in [-0.2, -0.15) is 0 Å². The Labute approximate surface area is 118 Å². The molecule has 2 aromatic rings. The van der Waals surface area contributed by atoms with Gasteiger partial charge in [-0.05, 0) is 36.6 Å². The van der Waals surface area contributed by atoms with Gasteiger partial charge in [0.15, 0.2) is 0 Å². The number of aromatic nitrogens is 2. The predicted octanol–water partition coefficient (Wildman–Crippen LogP) is 1.73. The molecule has 0 spiro atoms. The van der Waals surface area contributed by atoms with E-state index < -0.39 is 10.0 Å². The SMILES string of the molecule is O=S(=O)(NCc1ccc(-c2cccnc2)nc1)C1CC1. The second-order valence-electron chi connectivity index (χ2n) is 4.86. The van der Waals surface area contributed by atoms with Crippen molar-refractivity contribution in [3.63, 3.8) is 0 Å². The van der Waals surface area contributed by atoms with Crippen molar-refractivity contribution < 1.29 is 8.42 Å². The van der Waals surface area contributed by atoms with E-state index in [2.05, 4.69) is 14.7 Å². The van der Waals surface area contributed by atoms with E-state index in [0.717, 1.165) is 29.7 Å². The lowest BCUT2D eigenvalue weighted by Gasteiger charge is -2.06. The molecule has 0 saturated heterocycles. The largest absolute Gasteiger partial charge is 0.264 e. The third-order valence-electron chi connectivity index (χ3n) is 3.22. The summed E-state index contributed by atoms with van der Waals surface area (Å²) in [4.78, 5) is 8.38. The minimum atomic E-state index is -3.14. The van der Waals surface area contributed by atoms with Gasteiger partial charge in [-0.15, -0.1) is 0 Å². The summed E-state index contributed by atoms with van der Waals surface area (Å²) in [6.45, 7) is 0.291. The maximum Gasteiger partial charge on any atom is 0.214 e. The number of pyridine rings is 2. The zero-order valence-electron chi connectivity index (χ0n) is 10.9. The molecule has 20 heavy (non-hydrogen) atoms. The number of hydrogen-bond donors (Lipinski definition) is 1. The predicted molar refractivity (Wildman–Crippen MR) is 76.2 cm³/mol. The number of rotatable bonds is 5. The van der Waals surface area contributed by atoms with Gasteiger partial charge < -0.3 is 0 Å². The number of sulfonamides is 1. The summed E-state index contributed by atoms with van der Waals surface area (Å²) in [5.74, 6) is 0. The Hall–Kier alpha value is -1.79.